The van der Waals surface area contributed by atoms with E-state index in [2.05, 4.69) is 30.4 Å². The Morgan fingerprint density at radius 1 is 0.844 bits per heavy atom. The predicted octanol–water partition coefficient (Wildman–Crippen LogP) is 1.29. The van der Waals surface area contributed by atoms with Crippen molar-refractivity contribution in [2.24, 2.45) is 5.73 Å². The van der Waals surface area contributed by atoms with Gasteiger partial charge in [0.05, 0.1) is 6.42 Å². The number of esters is 3. The number of amides is 2. The normalized spacial score (nSPS) is 12.2. The van der Waals surface area contributed by atoms with Crippen LogP contribution < -0.4 is 16.4 Å². The maximum atomic E-state index is 12.5. The van der Waals surface area contributed by atoms with Gasteiger partial charge < -0.3 is 30.6 Å². The molecule has 0 heterocycles. The van der Waals surface area contributed by atoms with Crippen LogP contribution in [0.15, 0.2) is 50.1 Å². The highest BCUT2D eigenvalue weighted by atomic mass is 16.5. The van der Waals surface area contributed by atoms with E-state index in [0.717, 1.165) is 0 Å². The maximum Gasteiger partial charge on any atom is 0.333 e. The number of hydrogen-bond acceptors (Lipinski definition) is 8. The molecule has 0 aliphatic carbocycles. The number of carbonyl (C=O) groups excluding carboxylic acids is 4. The molecule has 0 fully saturated rings. The van der Waals surface area contributed by atoms with E-state index in [4.69, 9.17) is 19.9 Å². The number of ether oxygens (including phenoxy) is 3. The molecule has 2 atom stereocenters. The van der Waals surface area contributed by atoms with Crippen molar-refractivity contribution in [1.29, 1.82) is 0 Å². The fourth-order valence-electron chi connectivity index (χ4n) is 2.25. The lowest BCUT2D eigenvalue weighted by atomic mass is 10.1. The minimum Gasteiger partial charge on any atom is -0.461 e. The van der Waals surface area contributed by atoms with E-state index >= 15 is 0 Å². The van der Waals surface area contributed by atoms with Crippen molar-refractivity contribution >= 4 is 23.9 Å². The van der Waals surface area contributed by atoms with Crippen molar-refractivity contribution in [3.05, 3.63) is 50.1 Å². The van der Waals surface area contributed by atoms with Gasteiger partial charge in [-0.05, 0) is 25.8 Å². The van der Waals surface area contributed by atoms with Gasteiger partial charge in [-0.25, -0.2) is 14.4 Å². The van der Waals surface area contributed by atoms with Gasteiger partial charge in [-0.3, -0.25) is 4.79 Å². The summed E-state index contributed by atoms with van der Waals surface area (Å²) in [6, 6.07) is -2.95. The molecule has 10 nitrogen and oxygen atoms in total. The summed E-state index contributed by atoms with van der Waals surface area (Å²) in [6.45, 7) is 10.8. The van der Waals surface area contributed by atoms with E-state index in [0.29, 0.717) is 25.8 Å². The Balaban J connectivity index is 5.13. The third-order valence-corrected chi connectivity index (χ3v) is 3.74. The first-order chi connectivity index (χ1) is 15.4. The van der Waals surface area contributed by atoms with E-state index in [1.807, 2.05) is 0 Å². The maximum absolute atomic E-state index is 12.5. The molecule has 0 spiro atoms. The molecule has 10 heteroatoms. The fraction of sp³-hybridized carbons (Fsp3) is 0.455. The van der Waals surface area contributed by atoms with Crippen LogP contribution in [0.25, 0.3) is 0 Å². The van der Waals surface area contributed by atoms with Crippen LogP contribution in [0.1, 0.15) is 25.7 Å². The monoisotopic (exact) mass is 451 g/mol. The molecule has 0 rings (SSSR count). The van der Waals surface area contributed by atoms with Crippen molar-refractivity contribution in [3.8, 4) is 0 Å². The summed E-state index contributed by atoms with van der Waals surface area (Å²) in [5, 5.41) is 4.90. The fourth-order valence-corrected chi connectivity index (χ4v) is 2.25. The Kier molecular flexibility index (Phi) is 16.4. The molecule has 0 saturated carbocycles. The van der Waals surface area contributed by atoms with Crippen LogP contribution in [0.2, 0.25) is 0 Å². The van der Waals surface area contributed by atoms with E-state index in [-0.39, 0.29) is 26.2 Å². The predicted molar refractivity (Wildman–Crippen MR) is 119 cm³/mol. The van der Waals surface area contributed by atoms with Crippen molar-refractivity contribution in [3.63, 3.8) is 0 Å². The standard InChI is InChI=1S/C22H33N3O7/c1-4-14-30-19(26)12-9-11-18(21(28)32-16-6-3)25-22(29)24-17(10-7-8-13-23)20(27)31-15-5-2/h4-6,9,11,17-18H,1-3,7-8,10,12-16,23H2,(H2,24,25,29)/b11-9+/t17-,18-/m0/s1. The number of nitrogens with two attached hydrogens (primary N) is 1. The molecule has 32 heavy (non-hydrogen) atoms. The first-order valence-corrected chi connectivity index (χ1v) is 10.1. The molecule has 0 unspecified atom stereocenters. The third kappa shape index (κ3) is 13.8. The molecule has 0 aromatic carbocycles. The van der Waals surface area contributed by atoms with Crippen molar-refractivity contribution in [2.75, 3.05) is 26.4 Å². The zero-order valence-corrected chi connectivity index (χ0v) is 18.3. The first kappa shape index (κ1) is 28.6. The molecule has 0 aliphatic heterocycles. The van der Waals surface area contributed by atoms with Crippen LogP contribution in [-0.2, 0) is 28.6 Å². The van der Waals surface area contributed by atoms with E-state index in [9.17, 15) is 19.2 Å². The molecule has 0 saturated heterocycles. The van der Waals surface area contributed by atoms with Gasteiger partial charge in [-0.1, -0.05) is 50.1 Å². The van der Waals surface area contributed by atoms with Crippen LogP contribution in [0, 0.1) is 0 Å². The van der Waals surface area contributed by atoms with Gasteiger partial charge in [-0.2, -0.15) is 0 Å². The topological polar surface area (TPSA) is 146 Å². The summed E-state index contributed by atoms with van der Waals surface area (Å²) >= 11 is 0. The smallest absolute Gasteiger partial charge is 0.333 e. The van der Waals surface area contributed by atoms with Crippen molar-refractivity contribution in [2.45, 2.75) is 37.8 Å². The second-order valence-corrected chi connectivity index (χ2v) is 6.37. The summed E-state index contributed by atoms with van der Waals surface area (Å²) in [6.07, 6.45) is 8.28. The highest BCUT2D eigenvalue weighted by Crippen LogP contribution is 2.04. The van der Waals surface area contributed by atoms with Crippen molar-refractivity contribution in [1.82, 2.24) is 10.6 Å². The van der Waals surface area contributed by atoms with Crippen LogP contribution >= 0.6 is 0 Å². The lowest BCUT2D eigenvalue weighted by molar-refractivity contribution is -0.145. The van der Waals surface area contributed by atoms with Gasteiger partial charge in [0.15, 0.2) is 0 Å². The minimum absolute atomic E-state index is 0.00326. The number of carbonyl (C=O) groups is 4. The molecule has 0 bridgehead atoms. The molecule has 178 valence electrons. The second kappa shape index (κ2) is 18.4. The lowest BCUT2D eigenvalue weighted by Gasteiger charge is -2.20. The number of nitrogens with one attached hydrogen (secondary N) is 2. The van der Waals surface area contributed by atoms with Gasteiger partial charge in [0.25, 0.3) is 0 Å². The summed E-state index contributed by atoms with van der Waals surface area (Å²) in [5.74, 6) is -1.94. The molecule has 0 radical (unpaired) electrons. The van der Waals surface area contributed by atoms with Gasteiger partial charge in [-0.15, -0.1) is 0 Å². The minimum atomic E-state index is -1.21. The van der Waals surface area contributed by atoms with Crippen molar-refractivity contribution < 1.29 is 33.4 Å². The van der Waals surface area contributed by atoms with Crippen LogP contribution in [0.3, 0.4) is 0 Å². The quantitative estimate of drug-likeness (QED) is 0.130. The molecule has 2 amide bonds. The van der Waals surface area contributed by atoms with Crippen LogP contribution in [-0.4, -0.2) is 62.4 Å². The van der Waals surface area contributed by atoms with Gasteiger partial charge >= 0.3 is 23.9 Å². The Labute approximate surface area is 188 Å². The van der Waals surface area contributed by atoms with Gasteiger partial charge in [0.2, 0.25) is 0 Å². The zero-order valence-electron chi connectivity index (χ0n) is 18.3. The summed E-state index contributed by atoms with van der Waals surface area (Å²) in [5.41, 5.74) is 5.47. The van der Waals surface area contributed by atoms with E-state index in [1.165, 1.54) is 30.4 Å². The largest absolute Gasteiger partial charge is 0.461 e. The number of urea groups is 1. The van der Waals surface area contributed by atoms with E-state index in [1.54, 1.807) is 0 Å². The molecule has 0 aromatic rings. The summed E-state index contributed by atoms with van der Waals surface area (Å²) in [7, 11) is 0. The SMILES string of the molecule is C=CCOC(=O)C/C=C/[C@H](NC(=O)N[C@@H](CCCCN)C(=O)OCC=C)C(=O)OCC=C. The average molecular weight is 452 g/mol. The highest BCUT2D eigenvalue weighted by molar-refractivity contribution is 5.88. The highest BCUT2D eigenvalue weighted by Gasteiger charge is 2.25. The molecule has 0 aliphatic rings. The summed E-state index contributed by atoms with van der Waals surface area (Å²) < 4.78 is 14.8. The van der Waals surface area contributed by atoms with Crippen LogP contribution in [0.4, 0.5) is 4.79 Å². The van der Waals surface area contributed by atoms with Crippen LogP contribution in [0.5, 0.6) is 0 Å². The van der Waals surface area contributed by atoms with Gasteiger partial charge in [0.1, 0.15) is 31.9 Å². The van der Waals surface area contributed by atoms with E-state index < -0.39 is 36.0 Å². The third-order valence-electron chi connectivity index (χ3n) is 3.74. The summed E-state index contributed by atoms with van der Waals surface area (Å²) in [4.78, 5) is 48.5. The first-order valence-electron chi connectivity index (χ1n) is 10.1. The Hall–Kier alpha value is -3.40. The van der Waals surface area contributed by atoms with Gasteiger partial charge in [0, 0.05) is 0 Å². The number of hydrogen-bond donors (Lipinski definition) is 3. The number of rotatable bonds is 17. The molecule has 4 N–H and O–H groups in total. The zero-order chi connectivity index (χ0) is 24.2. The average Bonchev–Trinajstić information content (AvgIpc) is 2.78. The molecule has 0 aromatic heterocycles. The lowest BCUT2D eigenvalue weighted by Crippen LogP contribution is -2.51. The number of unbranched alkanes of at least 4 members (excludes halogenated alkanes) is 1. The Morgan fingerprint density at radius 3 is 2.03 bits per heavy atom. The Morgan fingerprint density at radius 2 is 1.44 bits per heavy atom. The molecular weight excluding hydrogens is 418 g/mol. The molecular formula is C22H33N3O7. The second-order valence-electron chi connectivity index (χ2n) is 6.37. The Bertz CT molecular complexity index is 676.